The second-order valence-electron chi connectivity index (χ2n) is 3.65. The Morgan fingerprint density at radius 3 is 2.65 bits per heavy atom. The molecule has 0 aromatic carbocycles. The first-order valence-corrected chi connectivity index (χ1v) is 5.09. The summed E-state index contributed by atoms with van der Waals surface area (Å²) in [6, 6.07) is 0. The Bertz CT molecular complexity index is 433. The molecule has 17 heavy (non-hydrogen) atoms. The summed E-state index contributed by atoms with van der Waals surface area (Å²) in [4.78, 5) is 32.6. The molecule has 0 radical (unpaired) electrons. The van der Waals surface area contributed by atoms with Gasteiger partial charge in [0.05, 0.1) is 5.70 Å². The third-order valence-corrected chi connectivity index (χ3v) is 2.33. The highest BCUT2D eigenvalue weighted by molar-refractivity contribution is 6.48. The fraction of sp³-hybridized carbons (Fsp3) is 0.364. The van der Waals surface area contributed by atoms with Gasteiger partial charge >= 0.3 is 5.97 Å². The highest BCUT2D eigenvalue weighted by atomic mass is 16.4. The number of hydrogen-bond donors (Lipinski definition) is 3. The average Bonchev–Trinajstić information content (AvgIpc) is 2.27. The Labute approximate surface area is 97.6 Å². The zero-order valence-electron chi connectivity index (χ0n) is 9.32. The van der Waals surface area contributed by atoms with Crippen molar-refractivity contribution in [1.29, 1.82) is 0 Å². The molecule has 0 amide bonds. The van der Waals surface area contributed by atoms with Crippen molar-refractivity contribution in [3.8, 4) is 0 Å². The molecule has 3 N–H and O–H groups in total. The van der Waals surface area contributed by atoms with E-state index in [1.54, 1.807) is 0 Å². The van der Waals surface area contributed by atoms with Gasteiger partial charge in [0.25, 0.3) is 0 Å². The number of aliphatic hydroxyl groups is 1. The highest BCUT2D eigenvalue weighted by Gasteiger charge is 2.25. The minimum atomic E-state index is -0.911. The molecule has 0 spiro atoms. The van der Waals surface area contributed by atoms with Gasteiger partial charge in [0.1, 0.15) is 5.76 Å². The van der Waals surface area contributed by atoms with Crippen molar-refractivity contribution in [2.24, 2.45) is 0 Å². The largest absolute Gasteiger partial charge is 0.505 e. The van der Waals surface area contributed by atoms with Gasteiger partial charge in [-0.15, -0.1) is 0 Å². The van der Waals surface area contributed by atoms with Crippen LogP contribution >= 0.6 is 0 Å². The van der Waals surface area contributed by atoms with Crippen molar-refractivity contribution in [3.63, 3.8) is 0 Å². The van der Waals surface area contributed by atoms with Gasteiger partial charge in [0.15, 0.2) is 0 Å². The number of rotatable bonds is 5. The number of aliphatic carboxylic acids is 1. The molecule has 0 unspecified atom stereocenters. The molecule has 0 saturated carbocycles. The van der Waals surface area contributed by atoms with Gasteiger partial charge < -0.3 is 15.5 Å². The van der Waals surface area contributed by atoms with E-state index in [2.05, 4.69) is 5.32 Å². The molecule has 0 fully saturated rings. The maximum absolute atomic E-state index is 11.2. The maximum Gasteiger partial charge on any atom is 0.303 e. The van der Waals surface area contributed by atoms with Gasteiger partial charge in [-0.05, 0) is 13.3 Å². The van der Waals surface area contributed by atoms with Crippen LogP contribution in [0.2, 0.25) is 0 Å². The van der Waals surface area contributed by atoms with E-state index in [0.29, 0.717) is 13.0 Å². The summed E-state index contributed by atoms with van der Waals surface area (Å²) in [7, 11) is 0. The van der Waals surface area contributed by atoms with Gasteiger partial charge in [-0.2, -0.15) is 0 Å². The van der Waals surface area contributed by atoms with Crippen LogP contribution in [0.4, 0.5) is 0 Å². The Morgan fingerprint density at radius 2 is 2.06 bits per heavy atom. The molecule has 0 bridgehead atoms. The standard InChI is InChI=1S/C11H13NO5/c1-6-10(16)7(5-8(13)11(6)17)12-4-2-3-9(14)15/h5,12,16H,2-4H2,1H3,(H,14,15). The third kappa shape index (κ3) is 3.17. The van der Waals surface area contributed by atoms with Crippen LogP contribution in [0, 0.1) is 0 Å². The van der Waals surface area contributed by atoms with E-state index < -0.39 is 17.5 Å². The van der Waals surface area contributed by atoms with Gasteiger partial charge in [0, 0.05) is 24.6 Å². The zero-order chi connectivity index (χ0) is 13.0. The SMILES string of the molecule is CC1=C(O)C(NCCCC(=O)O)=CC(=O)C1=O. The number of Topliss-reactive ketones (excluding diaryl/α,β-unsaturated/α-hetero) is 1. The second kappa shape index (κ2) is 5.29. The molecule has 0 aliphatic heterocycles. The van der Waals surface area contributed by atoms with Crippen LogP contribution in [-0.2, 0) is 14.4 Å². The Balaban J connectivity index is 2.60. The molecule has 0 heterocycles. The molecule has 1 aliphatic rings. The van der Waals surface area contributed by atoms with E-state index in [1.165, 1.54) is 6.92 Å². The minimum absolute atomic E-state index is 0.00163. The summed E-state index contributed by atoms with van der Waals surface area (Å²) in [5.74, 6) is -2.59. The fourth-order valence-corrected chi connectivity index (χ4v) is 1.36. The first kappa shape index (κ1) is 13.0. The van der Waals surface area contributed by atoms with E-state index in [9.17, 15) is 19.5 Å². The maximum atomic E-state index is 11.2. The fourth-order valence-electron chi connectivity index (χ4n) is 1.36. The number of allylic oxidation sites excluding steroid dienone is 2. The van der Waals surface area contributed by atoms with Crippen molar-refractivity contribution in [1.82, 2.24) is 5.32 Å². The van der Waals surface area contributed by atoms with E-state index in [-0.39, 0.29) is 23.5 Å². The lowest BCUT2D eigenvalue weighted by atomic mass is 10.00. The van der Waals surface area contributed by atoms with Crippen LogP contribution in [0.5, 0.6) is 0 Å². The highest BCUT2D eigenvalue weighted by Crippen LogP contribution is 2.16. The smallest absolute Gasteiger partial charge is 0.303 e. The summed E-state index contributed by atoms with van der Waals surface area (Å²) in [6.45, 7) is 1.67. The van der Waals surface area contributed by atoms with Gasteiger partial charge in [-0.3, -0.25) is 14.4 Å². The topological polar surface area (TPSA) is 104 Å². The molecule has 0 saturated heterocycles. The Morgan fingerprint density at radius 1 is 1.41 bits per heavy atom. The first-order valence-electron chi connectivity index (χ1n) is 5.09. The summed E-state index contributed by atoms with van der Waals surface area (Å²) < 4.78 is 0. The van der Waals surface area contributed by atoms with Crippen LogP contribution in [0.15, 0.2) is 23.1 Å². The molecule has 1 rings (SSSR count). The predicted molar refractivity (Wildman–Crippen MR) is 58.3 cm³/mol. The number of carbonyl (C=O) groups is 3. The lowest BCUT2D eigenvalue weighted by molar-refractivity contribution is -0.137. The minimum Gasteiger partial charge on any atom is -0.505 e. The van der Waals surface area contributed by atoms with Gasteiger partial charge in [0.2, 0.25) is 11.6 Å². The number of carboxylic acid groups (broad SMARTS) is 1. The third-order valence-electron chi connectivity index (χ3n) is 2.33. The Kier molecular flexibility index (Phi) is 4.03. The van der Waals surface area contributed by atoms with Crippen LogP contribution in [0.3, 0.4) is 0 Å². The summed E-state index contributed by atoms with van der Waals surface area (Å²) >= 11 is 0. The van der Waals surface area contributed by atoms with Crippen LogP contribution in [0.25, 0.3) is 0 Å². The lowest BCUT2D eigenvalue weighted by Crippen LogP contribution is -2.26. The summed E-state index contributed by atoms with van der Waals surface area (Å²) in [5.41, 5.74) is 0.163. The number of nitrogens with one attached hydrogen (secondary N) is 1. The summed E-state index contributed by atoms with van der Waals surface area (Å²) in [6.07, 6.45) is 1.38. The van der Waals surface area contributed by atoms with Crippen LogP contribution in [-0.4, -0.2) is 34.3 Å². The number of aliphatic hydroxyl groups excluding tert-OH is 1. The molecule has 0 aromatic heterocycles. The molecule has 6 nitrogen and oxygen atoms in total. The van der Waals surface area contributed by atoms with Crippen molar-refractivity contribution in [2.75, 3.05) is 6.54 Å². The van der Waals surface area contributed by atoms with E-state index in [1.807, 2.05) is 0 Å². The lowest BCUT2D eigenvalue weighted by Gasteiger charge is -2.15. The second-order valence-corrected chi connectivity index (χ2v) is 3.65. The van der Waals surface area contributed by atoms with Gasteiger partial charge in [-0.25, -0.2) is 0 Å². The number of hydrogen-bond acceptors (Lipinski definition) is 5. The van der Waals surface area contributed by atoms with Crippen molar-refractivity contribution in [3.05, 3.63) is 23.1 Å². The number of carbonyl (C=O) groups excluding carboxylic acids is 2. The normalized spacial score (nSPS) is 15.9. The molecular weight excluding hydrogens is 226 g/mol. The average molecular weight is 239 g/mol. The van der Waals surface area contributed by atoms with Crippen molar-refractivity contribution < 1.29 is 24.6 Å². The summed E-state index contributed by atoms with van der Waals surface area (Å²) in [5, 5.41) is 20.7. The number of carboxylic acids is 1. The van der Waals surface area contributed by atoms with E-state index in [0.717, 1.165) is 6.08 Å². The quantitative estimate of drug-likeness (QED) is 0.362. The molecule has 92 valence electrons. The molecule has 1 aliphatic carbocycles. The van der Waals surface area contributed by atoms with Crippen molar-refractivity contribution in [2.45, 2.75) is 19.8 Å². The van der Waals surface area contributed by atoms with Gasteiger partial charge in [-0.1, -0.05) is 0 Å². The molecule has 0 aromatic rings. The first-order chi connectivity index (χ1) is 7.93. The Hall–Kier alpha value is -2.11. The molecular formula is C11H13NO5. The zero-order valence-corrected chi connectivity index (χ0v) is 9.32. The van der Waals surface area contributed by atoms with Crippen molar-refractivity contribution >= 4 is 17.5 Å². The van der Waals surface area contributed by atoms with E-state index in [4.69, 9.17) is 5.11 Å². The van der Waals surface area contributed by atoms with Crippen LogP contribution < -0.4 is 5.32 Å². The predicted octanol–water partition coefficient (Wildman–Crippen LogP) is 0.308. The molecule has 6 heteroatoms. The number of ketones is 2. The molecule has 0 atom stereocenters. The van der Waals surface area contributed by atoms with Crippen LogP contribution in [0.1, 0.15) is 19.8 Å². The van der Waals surface area contributed by atoms with E-state index >= 15 is 0 Å². The monoisotopic (exact) mass is 239 g/mol.